The highest BCUT2D eigenvalue weighted by molar-refractivity contribution is 5.86. The molecule has 1 aromatic carbocycles. The van der Waals surface area contributed by atoms with Crippen LogP contribution in [-0.4, -0.2) is 42.6 Å². The molecule has 3 nitrogen and oxygen atoms in total. The molecule has 126 valence electrons. The van der Waals surface area contributed by atoms with E-state index in [0.29, 0.717) is 26.1 Å². The average molecular weight is 322 g/mol. The van der Waals surface area contributed by atoms with Crippen LogP contribution in [0.3, 0.4) is 0 Å². The van der Waals surface area contributed by atoms with Gasteiger partial charge in [-0.1, -0.05) is 6.08 Å². The summed E-state index contributed by atoms with van der Waals surface area (Å²) in [4.78, 5) is 5.08. The highest BCUT2D eigenvalue weighted by atomic mass is 19.3. The van der Waals surface area contributed by atoms with Gasteiger partial charge < -0.3 is 9.72 Å². The third-order valence-corrected chi connectivity index (χ3v) is 3.86. The molecule has 0 saturated carbocycles. The monoisotopic (exact) mass is 322 g/mol. The van der Waals surface area contributed by atoms with Crippen molar-refractivity contribution in [1.29, 1.82) is 0 Å². The molecule has 1 N–H and O–H groups in total. The summed E-state index contributed by atoms with van der Waals surface area (Å²) in [6.07, 6.45) is 0.0446. The molecule has 2 aromatic rings. The van der Waals surface area contributed by atoms with Crippen LogP contribution in [0.15, 0.2) is 30.9 Å². The van der Waals surface area contributed by atoms with Gasteiger partial charge in [-0.2, -0.15) is 0 Å². The molecule has 0 atom stereocenters. The van der Waals surface area contributed by atoms with Crippen LogP contribution in [0.25, 0.3) is 10.9 Å². The number of aromatic amines is 1. The first-order valence-corrected chi connectivity index (χ1v) is 7.90. The second-order valence-corrected chi connectivity index (χ2v) is 5.56. The van der Waals surface area contributed by atoms with Crippen molar-refractivity contribution in [2.24, 2.45) is 0 Å². The molecule has 0 bridgehead atoms. The zero-order valence-corrected chi connectivity index (χ0v) is 13.7. The number of aryl methyl sites for hydroxylation is 1. The summed E-state index contributed by atoms with van der Waals surface area (Å²) >= 11 is 0. The molecular formula is C18H24F2N2O. The second-order valence-electron chi connectivity index (χ2n) is 5.56. The van der Waals surface area contributed by atoms with Gasteiger partial charge in [0.05, 0.1) is 13.2 Å². The minimum atomic E-state index is -2.33. The molecule has 0 unspecified atom stereocenters. The largest absolute Gasteiger partial charge is 0.494 e. The number of benzene rings is 1. The van der Waals surface area contributed by atoms with Gasteiger partial charge in [-0.3, -0.25) is 4.90 Å². The predicted octanol–water partition coefficient (Wildman–Crippen LogP) is 4.17. The van der Waals surface area contributed by atoms with Gasteiger partial charge in [-0.15, -0.1) is 6.58 Å². The number of halogens is 2. The van der Waals surface area contributed by atoms with Gasteiger partial charge in [0.2, 0.25) is 0 Å². The Morgan fingerprint density at radius 2 is 2.17 bits per heavy atom. The van der Waals surface area contributed by atoms with E-state index in [1.54, 1.807) is 11.0 Å². The molecule has 0 aliphatic rings. The van der Waals surface area contributed by atoms with Gasteiger partial charge in [0, 0.05) is 29.7 Å². The number of alkyl halides is 2. The zero-order chi connectivity index (χ0) is 16.8. The number of nitrogens with zero attached hydrogens (tertiary/aromatic N) is 1. The molecule has 0 amide bonds. The molecule has 1 aromatic heterocycles. The summed E-state index contributed by atoms with van der Waals surface area (Å²) in [7, 11) is 0. The Bertz CT molecular complexity index is 652. The van der Waals surface area contributed by atoms with Crippen LogP contribution in [0.2, 0.25) is 0 Å². The third-order valence-electron chi connectivity index (χ3n) is 3.86. The number of hydrogen-bond donors (Lipinski definition) is 1. The van der Waals surface area contributed by atoms with Gasteiger partial charge in [-0.05, 0) is 44.0 Å². The Labute approximate surface area is 135 Å². The normalized spacial score (nSPS) is 11.6. The zero-order valence-electron chi connectivity index (χ0n) is 13.7. The number of fused-ring (bicyclic) bond motifs is 1. The van der Waals surface area contributed by atoms with Crippen molar-refractivity contribution in [3.8, 4) is 5.75 Å². The number of H-pyrrole nitrogens is 1. The van der Waals surface area contributed by atoms with Crippen LogP contribution in [0.4, 0.5) is 8.78 Å². The van der Waals surface area contributed by atoms with Crippen LogP contribution in [0.1, 0.15) is 18.2 Å². The van der Waals surface area contributed by atoms with E-state index < -0.39 is 6.43 Å². The number of rotatable bonds is 9. The van der Waals surface area contributed by atoms with Crippen LogP contribution in [0.5, 0.6) is 5.75 Å². The molecule has 5 heteroatoms. The van der Waals surface area contributed by atoms with Crippen LogP contribution in [0, 0.1) is 6.92 Å². The summed E-state index contributed by atoms with van der Waals surface area (Å²) < 4.78 is 30.8. The fraction of sp³-hybridized carbons (Fsp3) is 0.444. The number of hydrogen-bond acceptors (Lipinski definition) is 2. The van der Waals surface area contributed by atoms with Crippen molar-refractivity contribution in [3.05, 3.63) is 42.1 Å². The Hall–Kier alpha value is -1.88. The van der Waals surface area contributed by atoms with Crippen molar-refractivity contribution in [3.63, 3.8) is 0 Å². The summed E-state index contributed by atoms with van der Waals surface area (Å²) in [5.74, 6) is 0.829. The Balaban J connectivity index is 2.18. The Kier molecular flexibility index (Phi) is 6.16. The lowest BCUT2D eigenvalue weighted by molar-refractivity contribution is 0.0943. The van der Waals surface area contributed by atoms with Crippen LogP contribution in [-0.2, 0) is 6.42 Å². The highest BCUT2D eigenvalue weighted by Crippen LogP contribution is 2.27. The van der Waals surface area contributed by atoms with Gasteiger partial charge in [0.25, 0.3) is 6.43 Å². The van der Waals surface area contributed by atoms with Gasteiger partial charge in [0.15, 0.2) is 0 Å². The summed E-state index contributed by atoms with van der Waals surface area (Å²) in [5.41, 5.74) is 3.28. The van der Waals surface area contributed by atoms with E-state index in [2.05, 4.69) is 11.6 Å². The lowest BCUT2D eigenvalue weighted by Crippen LogP contribution is -2.31. The molecule has 0 aliphatic heterocycles. The average Bonchev–Trinajstić information content (AvgIpc) is 2.80. The summed E-state index contributed by atoms with van der Waals surface area (Å²) in [5, 5.41) is 1.10. The van der Waals surface area contributed by atoms with Crippen molar-refractivity contribution in [1.82, 2.24) is 9.88 Å². The number of aromatic nitrogens is 1. The van der Waals surface area contributed by atoms with E-state index >= 15 is 0 Å². The van der Waals surface area contributed by atoms with E-state index in [1.165, 1.54) is 0 Å². The highest BCUT2D eigenvalue weighted by Gasteiger charge is 2.14. The third kappa shape index (κ3) is 4.55. The van der Waals surface area contributed by atoms with E-state index in [0.717, 1.165) is 27.9 Å². The molecule has 0 fully saturated rings. The molecule has 0 aliphatic carbocycles. The van der Waals surface area contributed by atoms with Crippen molar-refractivity contribution >= 4 is 10.9 Å². The maximum Gasteiger partial charge on any atom is 0.251 e. The lowest BCUT2D eigenvalue weighted by Gasteiger charge is -2.20. The van der Waals surface area contributed by atoms with E-state index in [4.69, 9.17) is 4.74 Å². The molecule has 0 saturated heterocycles. The SMILES string of the molecule is C=CCN(CCc1c(C)[nH]c2ccc(OCC)cc12)CC(F)F. The maximum atomic E-state index is 12.6. The van der Waals surface area contributed by atoms with Gasteiger partial charge >= 0.3 is 0 Å². The molecule has 0 spiro atoms. The summed E-state index contributed by atoms with van der Waals surface area (Å²) in [6, 6.07) is 5.95. The Morgan fingerprint density at radius 3 is 2.83 bits per heavy atom. The summed E-state index contributed by atoms with van der Waals surface area (Å²) in [6.45, 7) is 9.04. The maximum absolute atomic E-state index is 12.6. The predicted molar refractivity (Wildman–Crippen MR) is 90.5 cm³/mol. The minimum Gasteiger partial charge on any atom is -0.494 e. The molecule has 2 rings (SSSR count). The minimum absolute atomic E-state index is 0.225. The smallest absolute Gasteiger partial charge is 0.251 e. The van der Waals surface area contributed by atoms with Crippen LogP contribution < -0.4 is 4.74 Å². The van der Waals surface area contributed by atoms with E-state index in [1.807, 2.05) is 32.0 Å². The van der Waals surface area contributed by atoms with Crippen molar-refractivity contribution in [2.75, 3.05) is 26.2 Å². The lowest BCUT2D eigenvalue weighted by atomic mass is 10.1. The fourth-order valence-corrected chi connectivity index (χ4v) is 2.84. The first-order chi connectivity index (χ1) is 11.0. The first kappa shape index (κ1) is 17.5. The van der Waals surface area contributed by atoms with Crippen molar-refractivity contribution in [2.45, 2.75) is 26.7 Å². The number of nitrogens with one attached hydrogen (secondary N) is 1. The van der Waals surface area contributed by atoms with Gasteiger partial charge in [-0.25, -0.2) is 8.78 Å². The molecule has 1 heterocycles. The topological polar surface area (TPSA) is 28.3 Å². The molecule has 23 heavy (non-hydrogen) atoms. The fourth-order valence-electron chi connectivity index (χ4n) is 2.84. The quantitative estimate of drug-likeness (QED) is 0.702. The second kappa shape index (κ2) is 8.11. The first-order valence-electron chi connectivity index (χ1n) is 7.90. The van der Waals surface area contributed by atoms with Crippen LogP contribution >= 0.6 is 0 Å². The Morgan fingerprint density at radius 1 is 1.39 bits per heavy atom. The van der Waals surface area contributed by atoms with E-state index in [9.17, 15) is 8.78 Å². The standard InChI is InChI=1S/C18H24F2N2O/c1-4-9-22(12-18(19)20)10-8-15-13(3)21-17-7-6-14(23-5-2)11-16(15)17/h4,6-7,11,18,21H,1,5,8-10,12H2,2-3H3. The number of ether oxygens (including phenoxy) is 1. The van der Waals surface area contributed by atoms with Crippen molar-refractivity contribution < 1.29 is 13.5 Å². The van der Waals surface area contributed by atoms with E-state index in [-0.39, 0.29) is 6.54 Å². The molecule has 0 radical (unpaired) electrons. The molecular weight excluding hydrogens is 298 g/mol. The van der Waals surface area contributed by atoms with Gasteiger partial charge in [0.1, 0.15) is 5.75 Å².